The normalized spacial score (nSPS) is 19.5. The van der Waals surface area contributed by atoms with E-state index in [0.717, 1.165) is 19.5 Å². The lowest BCUT2D eigenvalue weighted by Gasteiger charge is -2.23. The van der Waals surface area contributed by atoms with Crippen LogP contribution in [0.15, 0.2) is 21.2 Å². The number of carbonyl (C=O) groups is 1. The Labute approximate surface area is 109 Å². The molecule has 0 aromatic carbocycles. The molecule has 4 nitrogen and oxygen atoms in total. The molecule has 1 aliphatic heterocycles. The van der Waals surface area contributed by atoms with Gasteiger partial charge in [-0.25, -0.2) is 0 Å². The monoisotopic (exact) mass is 300 g/mol. The van der Waals surface area contributed by atoms with Crippen LogP contribution in [-0.2, 0) is 0 Å². The number of carbonyl (C=O) groups excluding carboxylic acids is 1. The molecule has 94 valence electrons. The average molecular weight is 301 g/mol. The SMILES string of the molecule is CCN(CC1CCCN1)C(=O)c1ccc(Br)o1. The third kappa shape index (κ3) is 3.10. The second-order valence-corrected chi connectivity index (χ2v) is 5.02. The van der Waals surface area contributed by atoms with Gasteiger partial charge < -0.3 is 14.6 Å². The maximum absolute atomic E-state index is 12.2. The maximum atomic E-state index is 12.2. The number of rotatable bonds is 4. The molecule has 1 aliphatic rings. The first-order valence-corrected chi connectivity index (χ1v) is 6.78. The highest BCUT2D eigenvalue weighted by atomic mass is 79.9. The minimum Gasteiger partial charge on any atom is -0.444 e. The maximum Gasteiger partial charge on any atom is 0.289 e. The Morgan fingerprint density at radius 2 is 2.47 bits per heavy atom. The number of halogens is 1. The fourth-order valence-electron chi connectivity index (χ4n) is 2.12. The van der Waals surface area contributed by atoms with Crippen LogP contribution in [0.4, 0.5) is 0 Å². The number of nitrogens with zero attached hydrogens (tertiary/aromatic N) is 1. The van der Waals surface area contributed by atoms with Gasteiger partial charge in [0.1, 0.15) is 0 Å². The van der Waals surface area contributed by atoms with E-state index < -0.39 is 0 Å². The summed E-state index contributed by atoms with van der Waals surface area (Å²) in [5.41, 5.74) is 0. The van der Waals surface area contributed by atoms with Gasteiger partial charge in [0.25, 0.3) is 5.91 Å². The van der Waals surface area contributed by atoms with Crippen molar-refractivity contribution in [2.24, 2.45) is 0 Å². The predicted octanol–water partition coefficient (Wildman–Crippen LogP) is 2.26. The molecular formula is C12H17BrN2O2. The summed E-state index contributed by atoms with van der Waals surface area (Å²) < 4.78 is 5.89. The van der Waals surface area contributed by atoms with Crippen molar-refractivity contribution in [1.82, 2.24) is 10.2 Å². The summed E-state index contributed by atoms with van der Waals surface area (Å²) in [7, 11) is 0. The van der Waals surface area contributed by atoms with Gasteiger partial charge in [-0.1, -0.05) is 0 Å². The van der Waals surface area contributed by atoms with Crippen LogP contribution >= 0.6 is 15.9 Å². The van der Waals surface area contributed by atoms with E-state index in [-0.39, 0.29) is 5.91 Å². The van der Waals surface area contributed by atoms with Gasteiger partial charge in [-0.2, -0.15) is 0 Å². The van der Waals surface area contributed by atoms with Crippen LogP contribution in [0.25, 0.3) is 0 Å². The zero-order chi connectivity index (χ0) is 12.3. The molecule has 1 atom stereocenters. The molecular weight excluding hydrogens is 284 g/mol. The Hall–Kier alpha value is -0.810. The molecule has 2 heterocycles. The van der Waals surface area contributed by atoms with Crippen molar-refractivity contribution in [3.63, 3.8) is 0 Å². The summed E-state index contributed by atoms with van der Waals surface area (Å²) in [6, 6.07) is 3.88. The molecule has 1 aromatic rings. The molecule has 1 unspecified atom stereocenters. The summed E-state index contributed by atoms with van der Waals surface area (Å²) in [6.07, 6.45) is 2.34. The van der Waals surface area contributed by atoms with Gasteiger partial charge in [-0.05, 0) is 54.4 Å². The van der Waals surface area contributed by atoms with E-state index in [4.69, 9.17) is 4.42 Å². The van der Waals surface area contributed by atoms with Gasteiger partial charge in [0.15, 0.2) is 10.4 Å². The van der Waals surface area contributed by atoms with Crippen LogP contribution in [0.2, 0.25) is 0 Å². The third-order valence-electron chi connectivity index (χ3n) is 3.06. The Morgan fingerprint density at radius 3 is 3.00 bits per heavy atom. The van der Waals surface area contributed by atoms with E-state index in [1.54, 1.807) is 12.1 Å². The zero-order valence-electron chi connectivity index (χ0n) is 9.91. The quantitative estimate of drug-likeness (QED) is 0.928. The molecule has 0 radical (unpaired) electrons. The lowest BCUT2D eigenvalue weighted by Crippen LogP contribution is -2.40. The molecule has 1 fully saturated rings. The highest BCUT2D eigenvalue weighted by Gasteiger charge is 2.22. The van der Waals surface area contributed by atoms with E-state index in [0.29, 0.717) is 23.0 Å². The molecule has 0 bridgehead atoms. The van der Waals surface area contributed by atoms with Crippen LogP contribution in [0.3, 0.4) is 0 Å². The largest absolute Gasteiger partial charge is 0.444 e. The number of hydrogen-bond acceptors (Lipinski definition) is 3. The van der Waals surface area contributed by atoms with E-state index in [1.165, 1.54) is 6.42 Å². The summed E-state index contributed by atoms with van der Waals surface area (Å²) in [5.74, 6) is 0.364. The molecule has 0 saturated carbocycles. The second-order valence-electron chi connectivity index (χ2n) is 4.24. The van der Waals surface area contributed by atoms with E-state index in [1.807, 2.05) is 11.8 Å². The predicted molar refractivity (Wildman–Crippen MR) is 69.0 cm³/mol. The van der Waals surface area contributed by atoms with Crippen molar-refractivity contribution in [3.05, 3.63) is 22.6 Å². The van der Waals surface area contributed by atoms with Crippen molar-refractivity contribution in [2.45, 2.75) is 25.8 Å². The molecule has 5 heteroatoms. The molecule has 17 heavy (non-hydrogen) atoms. The van der Waals surface area contributed by atoms with Crippen molar-refractivity contribution >= 4 is 21.8 Å². The van der Waals surface area contributed by atoms with Gasteiger partial charge in [-0.3, -0.25) is 4.79 Å². The van der Waals surface area contributed by atoms with Crippen LogP contribution in [0, 0.1) is 0 Å². The number of nitrogens with one attached hydrogen (secondary N) is 1. The Morgan fingerprint density at radius 1 is 1.65 bits per heavy atom. The molecule has 1 N–H and O–H groups in total. The first-order chi connectivity index (χ1) is 8.20. The molecule has 2 rings (SSSR count). The number of likely N-dealkylation sites (N-methyl/N-ethyl adjacent to an activating group) is 1. The zero-order valence-corrected chi connectivity index (χ0v) is 11.5. The van der Waals surface area contributed by atoms with Gasteiger partial charge in [-0.15, -0.1) is 0 Å². The number of amides is 1. The van der Waals surface area contributed by atoms with E-state index >= 15 is 0 Å². The smallest absolute Gasteiger partial charge is 0.289 e. The molecule has 1 amide bonds. The summed E-state index contributed by atoms with van der Waals surface area (Å²) in [5, 5.41) is 3.40. The van der Waals surface area contributed by atoms with Crippen LogP contribution in [0.5, 0.6) is 0 Å². The average Bonchev–Trinajstić information content (AvgIpc) is 2.96. The lowest BCUT2D eigenvalue weighted by molar-refractivity contribution is 0.0718. The summed E-state index contributed by atoms with van der Waals surface area (Å²) in [6.45, 7) is 4.51. The minimum absolute atomic E-state index is 0.0353. The topological polar surface area (TPSA) is 45.5 Å². The summed E-state index contributed by atoms with van der Waals surface area (Å²) >= 11 is 3.21. The van der Waals surface area contributed by atoms with Crippen molar-refractivity contribution < 1.29 is 9.21 Å². The van der Waals surface area contributed by atoms with Crippen molar-refractivity contribution in [2.75, 3.05) is 19.6 Å². The van der Waals surface area contributed by atoms with Gasteiger partial charge >= 0.3 is 0 Å². The first-order valence-electron chi connectivity index (χ1n) is 5.98. The molecule has 0 spiro atoms. The Bertz CT molecular complexity index is 386. The Kier molecular flexibility index (Phi) is 4.23. The fourth-order valence-corrected chi connectivity index (χ4v) is 2.43. The fraction of sp³-hybridized carbons (Fsp3) is 0.583. The molecule has 1 aromatic heterocycles. The van der Waals surface area contributed by atoms with Crippen LogP contribution < -0.4 is 5.32 Å². The highest BCUT2D eigenvalue weighted by molar-refractivity contribution is 9.10. The third-order valence-corrected chi connectivity index (χ3v) is 3.48. The van der Waals surface area contributed by atoms with Crippen molar-refractivity contribution in [3.8, 4) is 0 Å². The highest BCUT2D eigenvalue weighted by Crippen LogP contribution is 2.16. The minimum atomic E-state index is -0.0353. The number of hydrogen-bond donors (Lipinski definition) is 1. The Balaban J connectivity index is 1.99. The number of furan rings is 1. The first kappa shape index (κ1) is 12.6. The van der Waals surface area contributed by atoms with Gasteiger partial charge in [0, 0.05) is 19.1 Å². The van der Waals surface area contributed by atoms with Gasteiger partial charge in [0.05, 0.1) is 0 Å². The van der Waals surface area contributed by atoms with Crippen LogP contribution in [0.1, 0.15) is 30.3 Å². The lowest BCUT2D eigenvalue weighted by atomic mass is 10.2. The molecule has 1 saturated heterocycles. The van der Waals surface area contributed by atoms with Gasteiger partial charge in [0.2, 0.25) is 0 Å². The van der Waals surface area contributed by atoms with E-state index in [2.05, 4.69) is 21.2 Å². The van der Waals surface area contributed by atoms with Crippen LogP contribution in [-0.4, -0.2) is 36.5 Å². The standard InChI is InChI=1S/C12H17BrN2O2/c1-2-15(8-9-4-3-7-14-9)12(16)10-5-6-11(13)17-10/h5-6,9,14H,2-4,7-8H2,1H3. The second kappa shape index (κ2) is 5.69. The summed E-state index contributed by atoms with van der Waals surface area (Å²) in [4.78, 5) is 14.0. The molecule has 0 aliphatic carbocycles. The van der Waals surface area contributed by atoms with Crippen molar-refractivity contribution in [1.29, 1.82) is 0 Å². The van der Waals surface area contributed by atoms with E-state index in [9.17, 15) is 4.79 Å².